The zero-order valence-corrected chi connectivity index (χ0v) is 15.1. The molecule has 0 aliphatic rings. The molecular weight excluding hydrogens is 300 g/mol. The average Bonchev–Trinajstić information content (AvgIpc) is 2.40. The molecule has 0 rings (SSSR count). The van der Waals surface area contributed by atoms with Crippen molar-refractivity contribution in [3.8, 4) is 0 Å². The molecule has 7 nitrogen and oxygen atoms in total. The molecule has 23 heavy (non-hydrogen) atoms. The average molecular weight is 330 g/mol. The Morgan fingerprint density at radius 2 is 1.74 bits per heavy atom. The van der Waals surface area contributed by atoms with Crippen LogP contribution < -0.4 is 5.32 Å². The Hall–Kier alpha value is -1.79. The van der Waals surface area contributed by atoms with Gasteiger partial charge in [-0.15, -0.1) is 0 Å². The second-order valence-corrected chi connectivity index (χ2v) is 6.83. The molecule has 0 aromatic rings. The van der Waals surface area contributed by atoms with Crippen molar-refractivity contribution < 1.29 is 23.9 Å². The van der Waals surface area contributed by atoms with Gasteiger partial charge in [-0.2, -0.15) is 0 Å². The zero-order chi connectivity index (χ0) is 18.0. The molecule has 0 fully saturated rings. The van der Waals surface area contributed by atoms with Crippen molar-refractivity contribution in [2.45, 2.75) is 53.1 Å². The zero-order valence-electron chi connectivity index (χ0n) is 15.1. The van der Waals surface area contributed by atoms with Crippen molar-refractivity contribution >= 4 is 18.0 Å². The molecule has 2 amide bonds. The van der Waals surface area contributed by atoms with Crippen LogP contribution in [0.1, 0.15) is 47.5 Å². The summed E-state index contributed by atoms with van der Waals surface area (Å²) in [4.78, 5) is 36.1. The van der Waals surface area contributed by atoms with Crippen LogP contribution in [-0.4, -0.2) is 55.2 Å². The number of esters is 1. The molecule has 0 aromatic heterocycles. The SMILES string of the molecule is CC(C)COC(=O)CCC(=O)NCCN(C)C(=O)OC(C)(C)C. The van der Waals surface area contributed by atoms with E-state index in [0.717, 1.165) is 0 Å². The summed E-state index contributed by atoms with van der Waals surface area (Å²) in [5.74, 6) is -0.347. The summed E-state index contributed by atoms with van der Waals surface area (Å²) in [5, 5.41) is 2.66. The lowest BCUT2D eigenvalue weighted by Gasteiger charge is -2.24. The van der Waals surface area contributed by atoms with Crippen molar-refractivity contribution in [2.24, 2.45) is 5.92 Å². The highest BCUT2D eigenvalue weighted by Crippen LogP contribution is 2.08. The molecule has 0 aliphatic carbocycles. The molecule has 0 saturated carbocycles. The van der Waals surface area contributed by atoms with Crippen LogP contribution in [0.15, 0.2) is 0 Å². The quantitative estimate of drug-likeness (QED) is 0.688. The van der Waals surface area contributed by atoms with E-state index in [2.05, 4.69) is 5.32 Å². The summed E-state index contributed by atoms with van der Waals surface area (Å²) < 4.78 is 10.2. The molecule has 1 N–H and O–H groups in total. The number of rotatable bonds is 8. The van der Waals surface area contributed by atoms with Crippen LogP contribution in [0.4, 0.5) is 4.79 Å². The minimum Gasteiger partial charge on any atom is -0.465 e. The number of carbonyl (C=O) groups excluding carboxylic acids is 3. The Morgan fingerprint density at radius 3 is 2.26 bits per heavy atom. The topological polar surface area (TPSA) is 84.9 Å². The molecule has 0 radical (unpaired) electrons. The third-order valence-electron chi connectivity index (χ3n) is 2.61. The normalized spacial score (nSPS) is 11.1. The molecule has 0 unspecified atom stereocenters. The second kappa shape index (κ2) is 10.1. The lowest BCUT2D eigenvalue weighted by Crippen LogP contribution is -2.39. The van der Waals surface area contributed by atoms with Gasteiger partial charge in [0, 0.05) is 26.6 Å². The minimum absolute atomic E-state index is 0.0560. The molecular formula is C16H30N2O5. The Morgan fingerprint density at radius 1 is 1.13 bits per heavy atom. The van der Waals surface area contributed by atoms with E-state index in [9.17, 15) is 14.4 Å². The van der Waals surface area contributed by atoms with Crippen LogP contribution >= 0.6 is 0 Å². The van der Waals surface area contributed by atoms with Gasteiger partial charge in [0.2, 0.25) is 5.91 Å². The lowest BCUT2D eigenvalue weighted by molar-refractivity contribution is -0.146. The van der Waals surface area contributed by atoms with Gasteiger partial charge in [0.25, 0.3) is 0 Å². The molecule has 0 aromatic carbocycles. The third-order valence-corrected chi connectivity index (χ3v) is 2.61. The smallest absolute Gasteiger partial charge is 0.410 e. The Balaban J connectivity index is 3.85. The number of nitrogens with zero attached hydrogens (tertiary/aromatic N) is 1. The van der Waals surface area contributed by atoms with E-state index in [0.29, 0.717) is 19.7 Å². The number of carbonyl (C=O) groups is 3. The predicted octanol–water partition coefficient (Wildman–Crippen LogP) is 1.95. The van der Waals surface area contributed by atoms with Crippen molar-refractivity contribution in [3.05, 3.63) is 0 Å². The first-order chi connectivity index (χ1) is 10.5. The van der Waals surface area contributed by atoms with Crippen LogP contribution in [0.25, 0.3) is 0 Å². The number of hydrogen-bond acceptors (Lipinski definition) is 5. The molecule has 7 heteroatoms. The Kier molecular flexibility index (Phi) is 9.29. The van der Waals surface area contributed by atoms with Gasteiger partial charge in [0.15, 0.2) is 0 Å². The Labute approximate surface area is 138 Å². The first kappa shape index (κ1) is 21.2. The summed E-state index contributed by atoms with van der Waals surface area (Å²) in [6.07, 6.45) is -0.308. The van der Waals surface area contributed by atoms with E-state index in [1.54, 1.807) is 27.8 Å². The first-order valence-corrected chi connectivity index (χ1v) is 7.87. The number of hydrogen-bond donors (Lipinski definition) is 1. The van der Waals surface area contributed by atoms with Crippen molar-refractivity contribution in [1.82, 2.24) is 10.2 Å². The molecule has 0 spiro atoms. The van der Waals surface area contributed by atoms with Crippen LogP contribution in [0.5, 0.6) is 0 Å². The summed E-state index contributed by atoms with van der Waals surface area (Å²) in [7, 11) is 1.60. The van der Waals surface area contributed by atoms with E-state index in [1.165, 1.54) is 4.90 Å². The van der Waals surface area contributed by atoms with Crippen molar-refractivity contribution in [3.63, 3.8) is 0 Å². The predicted molar refractivity (Wildman–Crippen MR) is 86.9 cm³/mol. The highest BCUT2D eigenvalue weighted by molar-refractivity contribution is 5.81. The van der Waals surface area contributed by atoms with Gasteiger partial charge < -0.3 is 19.7 Å². The maximum Gasteiger partial charge on any atom is 0.410 e. The molecule has 134 valence electrons. The van der Waals surface area contributed by atoms with Gasteiger partial charge in [0.05, 0.1) is 13.0 Å². The highest BCUT2D eigenvalue weighted by Gasteiger charge is 2.19. The molecule has 0 aliphatic heterocycles. The summed E-state index contributed by atoms with van der Waals surface area (Å²) in [5.41, 5.74) is -0.551. The van der Waals surface area contributed by atoms with Crippen molar-refractivity contribution in [2.75, 3.05) is 26.7 Å². The monoisotopic (exact) mass is 330 g/mol. The van der Waals surface area contributed by atoms with E-state index < -0.39 is 11.7 Å². The van der Waals surface area contributed by atoms with Gasteiger partial charge in [-0.25, -0.2) is 4.79 Å². The van der Waals surface area contributed by atoms with Gasteiger partial charge in [-0.05, 0) is 26.7 Å². The van der Waals surface area contributed by atoms with Crippen LogP contribution in [-0.2, 0) is 19.1 Å². The third kappa shape index (κ3) is 12.4. The van der Waals surface area contributed by atoms with Crippen LogP contribution in [0.3, 0.4) is 0 Å². The summed E-state index contributed by atoms with van der Waals surface area (Å²) in [6.45, 7) is 10.3. The highest BCUT2D eigenvalue weighted by atomic mass is 16.6. The second-order valence-electron chi connectivity index (χ2n) is 6.83. The standard InChI is InChI=1S/C16H30N2O5/c1-12(2)11-22-14(20)8-7-13(19)17-9-10-18(6)15(21)23-16(3,4)5/h12H,7-11H2,1-6H3,(H,17,19). The molecule has 0 bridgehead atoms. The number of likely N-dealkylation sites (N-methyl/N-ethyl adjacent to an activating group) is 1. The first-order valence-electron chi connectivity index (χ1n) is 7.87. The van der Waals surface area contributed by atoms with E-state index in [1.807, 2.05) is 13.8 Å². The number of ether oxygens (including phenoxy) is 2. The fourth-order valence-electron chi connectivity index (χ4n) is 1.43. The number of amides is 2. The maximum absolute atomic E-state index is 11.7. The van der Waals surface area contributed by atoms with E-state index >= 15 is 0 Å². The molecule has 0 saturated heterocycles. The van der Waals surface area contributed by atoms with Gasteiger partial charge >= 0.3 is 12.1 Å². The maximum atomic E-state index is 11.7. The van der Waals surface area contributed by atoms with Gasteiger partial charge in [-0.1, -0.05) is 13.8 Å². The van der Waals surface area contributed by atoms with Crippen LogP contribution in [0.2, 0.25) is 0 Å². The molecule has 0 heterocycles. The Bertz CT molecular complexity index is 402. The van der Waals surface area contributed by atoms with E-state index in [4.69, 9.17) is 9.47 Å². The van der Waals surface area contributed by atoms with E-state index in [-0.39, 0.29) is 30.6 Å². The fourth-order valence-corrected chi connectivity index (χ4v) is 1.43. The minimum atomic E-state index is -0.551. The molecule has 0 atom stereocenters. The van der Waals surface area contributed by atoms with Crippen LogP contribution in [0, 0.1) is 5.92 Å². The summed E-state index contributed by atoms with van der Waals surface area (Å²) in [6, 6.07) is 0. The summed E-state index contributed by atoms with van der Waals surface area (Å²) >= 11 is 0. The fraction of sp³-hybridized carbons (Fsp3) is 0.812. The van der Waals surface area contributed by atoms with Gasteiger partial charge in [-0.3, -0.25) is 9.59 Å². The lowest BCUT2D eigenvalue weighted by atomic mass is 10.2. The van der Waals surface area contributed by atoms with Gasteiger partial charge in [0.1, 0.15) is 5.60 Å². The number of nitrogens with one attached hydrogen (secondary N) is 1. The largest absolute Gasteiger partial charge is 0.465 e. The van der Waals surface area contributed by atoms with Crippen molar-refractivity contribution in [1.29, 1.82) is 0 Å².